The lowest BCUT2D eigenvalue weighted by Crippen LogP contribution is -2.42. The lowest BCUT2D eigenvalue weighted by Gasteiger charge is -2.32. The summed E-state index contributed by atoms with van der Waals surface area (Å²) in [5, 5.41) is 11.3. The third-order valence-electron chi connectivity index (χ3n) is 4.54. The molecule has 0 spiro atoms. The second-order valence-electron chi connectivity index (χ2n) is 6.18. The average molecular weight is 344 g/mol. The van der Waals surface area contributed by atoms with Crippen molar-refractivity contribution in [2.45, 2.75) is 31.9 Å². The average Bonchev–Trinajstić information content (AvgIpc) is 3.07. The number of hydrogen-bond donors (Lipinski definition) is 1. The van der Waals surface area contributed by atoms with Crippen molar-refractivity contribution in [3.63, 3.8) is 0 Å². The first kappa shape index (κ1) is 15.5. The van der Waals surface area contributed by atoms with E-state index < -0.39 is 0 Å². The first-order chi connectivity index (χ1) is 11.8. The van der Waals surface area contributed by atoms with E-state index in [0.29, 0.717) is 12.6 Å². The molecular formula is C17H20N4O2S. The number of nitrogens with zero attached hydrogens (tertiary/aromatic N) is 3. The summed E-state index contributed by atoms with van der Waals surface area (Å²) < 4.78 is 5.47. The van der Waals surface area contributed by atoms with Gasteiger partial charge >= 0.3 is 0 Å². The van der Waals surface area contributed by atoms with Gasteiger partial charge in [0.15, 0.2) is 0 Å². The molecule has 1 N–H and O–H groups in total. The zero-order valence-electron chi connectivity index (χ0n) is 13.4. The molecule has 2 aliphatic heterocycles. The van der Waals surface area contributed by atoms with E-state index in [1.165, 1.54) is 10.4 Å². The highest BCUT2D eigenvalue weighted by molar-refractivity contribution is 7.14. The highest BCUT2D eigenvalue weighted by atomic mass is 32.1. The number of fused-ring (bicyclic) bond motifs is 1. The van der Waals surface area contributed by atoms with Crippen LogP contribution in [0.5, 0.6) is 0 Å². The molecule has 0 aromatic carbocycles. The van der Waals surface area contributed by atoms with Gasteiger partial charge in [0.2, 0.25) is 0 Å². The number of rotatable bonds is 3. The molecule has 4 rings (SSSR count). The lowest BCUT2D eigenvalue weighted by atomic mass is 10.0. The van der Waals surface area contributed by atoms with Crippen LogP contribution < -0.4 is 5.32 Å². The fraction of sp³-hybridized carbons (Fsp3) is 0.471. The van der Waals surface area contributed by atoms with Crippen LogP contribution in [-0.4, -0.2) is 46.7 Å². The van der Waals surface area contributed by atoms with Gasteiger partial charge in [-0.05, 0) is 36.6 Å². The number of aromatic nitrogens is 2. The molecule has 2 aromatic heterocycles. The maximum absolute atomic E-state index is 12.7. The van der Waals surface area contributed by atoms with Crippen LogP contribution in [0.3, 0.4) is 0 Å². The zero-order valence-corrected chi connectivity index (χ0v) is 14.2. The van der Waals surface area contributed by atoms with Crippen molar-refractivity contribution in [2.75, 3.05) is 25.0 Å². The number of nitrogens with one attached hydrogen (secondary N) is 1. The molecule has 2 aliphatic rings. The van der Waals surface area contributed by atoms with Crippen LogP contribution in [0, 0.1) is 0 Å². The molecule has 0 atom stereocenters. The van der Waals surface area contributed by atoms with E-state index in [1.807, 2.05) is 23.1 Å². The minimum absolute atomic E-state index is 0.160. The van der Waals surface area contributed by atoms with Gasteiger partial charge in [0.1, 0.15) is 5.82 Å². The van der Waals surface area contributed by atoms with Crippen LogP contribution in [0.15, 0.2) is 24.4 Å². The number of hydrogen-bond acceptors (Lipinski definition) is 6. The number of thiophene rings is 1. The largest absolute Gasteiger partial charge is 0.376 e. The molecule has 6 nitrogen and oxygen atoms in total. The Morgan fingerprint density at radius 1 is 1.38 bits per heavy atom. The second kappa shape index (κ2) is 6.86. The number of carbonyl (C=O) groups excluding carboxylic acids is 1. The van der Waals surface area contributed by atoms with E-state index in [4.69, 9.17) is 4.74 Å². The molecular weight excluding hydrogens is 324 g/mol. The van der Waals surface area contributed by atoms with Crippen molar-refractivity contribution in [3.05, 3.63) is 39.7 Å². The summed E-state index contributed by atoms with van der Waals surface area (Å²) in [7, 11) is 0. The van der Waals surface area contributed by atoms with Gasteiger partial charge in [0.05, 0.1) is 18.1 Å². The topological polar surface area (TPSA) is 67.3 Å². The van der Waals surface area contributed by atoms with E-state index in [2.05, 4.69) is 15.5 Å². The Hall–Kier alpha value is -1.99. The van der Waals surface area contributed by atoms with Crippen molar-refractivity contribution in [1.29, 1.82) is 0 Å². The molecule has 24 heavy (non-hydrogen) atoms. The Morgan fingerprint density at radius 2 is 2.25 bits per heavy atom. The maximum atomic E-state index is 12.7. The Bertz CT molecular complexity index is 687. The quantitative estimate of drug-likeness (QED) is 0.926. The van der Waals surface area contributed by atoms with Crippen LogP contribution >= 0.6 is 11.3 Å². The highest BCUT2D eigenvalue weighted by Crippen LogP contribution is 2.28. The fourth-order valence-electron chi connectivity index (χ4n) is 3.22. The van der Waals surface area contributed by atoms with Crippen molar-refractivity contribution >= 4 is 23.1 Å². The smallest absolute Gasteiger partial charge is 0.263 e. The molecule has 0 bridgehead atoms. The fourth-order valence-corrected chi connectivity index (χ4v) is 4.34. The molecule has 1 fully saturated rings. The van der Waals surface area contributed by atoms with Gasteiger partial charge in [-0.2, -0.15) is 5.10 Å². The predicted molar refractivity (Wildman–Crippen MR) is 92.3 cm³/mol. The molecule has 4 heterocycles. The van der Waals surface area contributed by atoms with E-state index in [9.17, 15) is 4.79 Å². The van der Waals surface area contributed by atoms with Crippen LogP contribution in [0.25, 0.3) is 0 Å². The predicted octanol–water partition coefficient (Wildman–Crippen LogP) is 2.33. The minimum Gasteiger partial charge on any atom is -0.376 e. The summed E-state index contributed by atoms with van der Waals surface area (Å²) in [5.41, 5.74) is 1.19. The molecule has 0 aliphatic carbocycles. The first-order valence-corrected chi connectivity index (χ1v) is 9.14. The van der Waals surface area contributed by atoms with Gasteiger partial charge < -0.3 is 15.0 Å². The molecule has 1 saturated heterocycles. The van der Waals surface area contributed by atoms with Gasteiger partial charge in [-0.25, -0.2) is 0 Å². The van der Waals surface area contributed by atoms with E-state index >= 15 is 0 Å². The summed E-state index contributed by atoms with van der Waals surface area (Å²) >= 11 is 1.64. The molecule has 0 unspecified atom stereocenters. The lowest BCUT2D eigenvalue weighted by molar-refractivity contribution is 0.0723. The monoisotopic (exact) mass is 344 g/mol. The Kier molecular flexibility index (Phi) is 4.44. The van der Waals surface area contributed by atoms with Gasteiger partial charge in [-0.1, -0.05) is 0 Å². The van der Waals surface area contributed by atoms with Crippen LogP contribution in [-0.2, 0) is 17.8 Å². The van der Waals surface area contributed by atoms with Gasteiger partial charge in [-0.3, -0.25) is 4.79 Å². The van der Waals surface area contributed by atoms with Crippen molar-refractivity contribution in [1.82, 2.24) is 15.1 Å². The summed E-state index contributed by atoms with van der Waals surface area (Å²) in [4.78, 5) is 16.9. The molecule has 2 aromatic rings. The SMILES string of the molecule is O=C(c1cc2c(s1)CCOC2)N1CCC(Nc2cccnn2)CC1. The summed E-state index contributed by atoms with van der Waals surface area (Å²) in [6.07, 6.45) is 4.45. The number of amides is 1. The van der Waals surface area contributed by atoms with Crippen molar-refractivity contribution in [2.24, 2.45) is 0 Å². The zero-order chi connectivity index (χ0) is 16.4. The normalized spacial score (nSPS) is 18.2. The maximum Gasteiger partial charge on any atom is 0.263 e. The Morgan fingerprint density at radius 3 is 3.00 bits per heavy atom. The van der Waals surface area contributed by atoms with Crippen molar-refractivity contribution < 1.29 is 9.53 Å². The number of piperidine rings is 1. The van der Waals surface area contributed by atoms with Crippen LogP contribution in [0.4, 0.5) is 5.82 Å². The molecule has 0 radical (unpaired) electrons. The number of ether oxygens (including phenoxy) is 1. The molecule has 7 heteroatoms. The number of anilines is 1. The minimum atomic E-state index is 0.160. The van der Waals surface area contributed by atoms with Crippen LogP contribution in [0.1, 0.15) is 33.0 Å². The van der Waals surface area contributed by atoms with Gasteiger partial charge in [0, 0.05) is 36.6 Å². The standard InChI is InChI=1S/C17H20N4O2S/c22-17(15-10-12-11-23-9-5-14(12)24-15)21-7-3-13(4-8-21)19-16-2-1-6-18-20-16/h1-2,6,10,13H,3-5,7-9,11H2,(H,19,20). The Balaban J connectivity index is 1.35. The number of likely N-dealkylation sites (tertiary alicyclic amines) is 1. The molecule has 1 amide bonds. The number of carbonyl (C=O) groups is 1. The van der Waals surface area contributed by atoms with Crippen molar-refractivity contribution in [3.8, 4) is 0 Å². The summed E-state index contributed by atoms with van der Waals surface area (Å²) in [6, 6.07) is 6.15. The highest BCUT2D eigenvalue weighted by Gasteiger charge is 2.26. The summed E-state index contributed by atoms with van der Waals surface area (Å²) in [6.45, 7) is 2.95. The summed E-state index contributed by atoms with van der Waals surface area (Å²) in [5.74, 6) is 0.959. The Labute approximate surface area is 144 Å². The second-order valence-corrected chi connectivity index (χ2v) is 7.32. The molecule has 0 saturated carbocycles. The van der Waals surface area contributed by atoms with Crippen LogP contribution in [0.2, 0.25) is 0 Å². The molecule has 126 valence electrons. The van der Waals surface area contributed by atoms with Gasteiger partial charge in [-0.15, -0.1) is 16.4 Å². The third-order valence-corrected chi connectivity index (χ3v) is 5.77. The first-order valence-electron chi connectivity index (χ1n) is 8.32. The third kappa shape index (κ3) is 3.27. The van der Waals surface area contributed by atoms with E-state index in [-0.39, 0.29) is 5.91 Å². The van der Waals surface area contributed by atoms with E-state index in [1.54, 1.807) is 17.5 Å². The van der Waals surface area contributed by atoms with E-state index in [0.717, 1.165) is 49.7 Å². The van der Waals surface area contributed by atoms with Gasteiger partial charge in [0.25, 0.3) is 5.91 Å².